The molecule has 2 aliphatic rings. The molecule has 0 spiro atoms. The zero-order valence-corrected chi connectivity index (χ0v) is 22.7. The summed E-state index contributed by atoms with van der Waals surface area (Å²) in [6.45, 7) is 7.74. The molecular formula is C23H41N5O11. The van der Waals surface area contributed by atoms with Crippen LogP contribution >= 0.6 is 0 Å². The minimum Gasteiger partial charge on any atom is -0.479 e. The Bertz CT molecular complexity index is 849. The third-order valence-corrected chi connectivity index (χ3v) is 6.76. The van der Waals surface area contributed by atoms with Gasteiger partial charge in [0.1, 0.15) is 24.4 Å². The molecule has 0 radical (unpaired) electrons. The van der Waals surface area contributed by atoms with E-state index in [1.54, 1.807) is 20.8 Å². The number of nitrogens with one attached hydrogen (secondary N) is 5. The molecule has 2 rings (SSSR count). The minimum absolute atomic E-state index is 0.134. The number of hydrogen-bond acceptors (Lipinski definition) is 12. The third kappa shape index (κ3) is 9.61. The maximum absolute atomic E-state index is 11.9. The van der Waals surface area contributed by atoms with Gasteiger partial charge in [-0.05, 0) is 25.2 Å². The van der Waals surface area contributed by atoms with Crippen LogP contribution in [0.5, 0.6) is 0 Å². The Hall–Kier alpha value is -2.44. The van der Waals surface area contributed by atoms with Crippen LogP contribution in [0, 0.1) is 11.8 Å². The molecule has 0 aliphatic carbocycles. The van der Waals surface area contributed by atoms with Gasteiger partial charge >= 0.3 is 5.97 Å². The Morgan fingerprint density at radius 2 is 1.62 bits per heavy atom. The zero-order chi connectivity index (χ0) is 29.3. The van der Waals surface area contributed by atoms with Crippen molar-refractivity contribution in [1.29, 1.82) is 0 Å². The Kier molecular flexibility index (Phi) is 12.9. The third-order valence-electron chi connectivity index (χ3n) is 6.76. The Morgan fingerprint density at radius 3 is 2.23 bits per heavy atom. The van der Waals surface area contributed by atoms with Crippen molar-refractivity contribution in [3.05, 3.63) is 0 Å². The van der Waals surface area contributed by atoms with E-state index in [0.717, 1.165) is 0 Å². The van der Waals surface area contributed by atoms with E-state index in [0.29, 0.717) is 13.0 Å². The van der Waals surface area contributed by atoms with E-state index < -0.39 is 72.7 Å². The van der Waals surface area contributed by atoms with E-state index in [9.17, 15) is 34.5 Å². The van der Waals surface area contributed by atoms with Crippen LogP contribution < -0.4 is 27.2 Å². The molecule has 2 saturated heterocycles. The maximum Gasteiger partial charge on any atom is 0.333 e. The Balaban J connectivity index is 1.96. The number of rotatable bonds is 13. The molecule has 2 fully saturated rings. The molecule has 2 heterocycles. The van der Waals surface area contributed by atoms with E-state index in [-0.39, 0.29) is 24.8 Å². The summed E-state index contributed by atoms with van der Waals surface area (Å²) >= 11 is 0. The maximum atomic E-state index is 11.9. The highest BCUT2D eigenvalue weighted by Crippen LogP contribution is 2.34. The topological polar surface area (TPSA) is 226 Å². The lowest BCUT2D eigenvalue weighted by molar-refractivity contribution is -0.312. The molecule has 10 atom stereocenters. The van der Waals surface area contributed by atoms with Gasteiger partial charge in [0, 0.05) is 26.8 Å². The molecule has 3 amide bonds. The second kappa shape index (κ2) is 15.4. The summed E-state index contributed by atoms with van der Waals surface area (Å²) in [5.74, 6) is -3.26. The normalized spacial score (nSPS) is 34.6. The van der Waals surface area contributed by atoms with Gasteiger partial charge in [-0.3, -0.25) is 30.1 Å². The average molecular weight is 564 g/mol. The number of carboxylic acids is 1. The van der Waals surface area contributed by atoms with Gasteiger partial charge in [-0.1, -0.05) is 13.8 Å². The van der Waals surface area contributed by atoms with E-state index in [1.807, 2.05) is 0 Å². The monoisotopic (exact) mass is 563 g/mol. The van der Waals surface area contributed by atoms with Gasteiger partial charge in [0.25, 0.3) is 0 Å². The molecule has 16 nitrogen and oxygen atoms in total. The molecule has 0 aromatic carbocycles. The van der Waals surface area contributed by atoms with Crippen LogP contribution in [0.3, 0.4) is 0 Å². The largest absolute Gasteiger partial charge is 0.479 e. The summed E-state index contributed by atoms with van der Waals surface area (Å²) in [5.41, 5.74) is 9.66. The van der Waals surface area contributed by atoms with Crippen molar-refractivity contribution >= 4 is 23.7 Å². The first-order valence-corrected chi connectivity index (χ1v) is 12.8. The first-order valence-electron chi connectivity index (χ1n) is 12.8. The predicted molar refractivity (Wildman–Crippen MR) is 132 cm³/mol. The summed E-state index contributed by atoms with van der Waals surface area (Å²) in [4.78, 5) is 51.4. The van der Waals surface area contributed by atoms with Crippen LogP contribution in [0.4, 0.5) is 0 Å². The van der Waals surface area contributed by atoms with Gasteiger partial charge in [-0.25, -0.2) is 10.2 Å². The highest BCUT2D eigenvalue weighted by atomic mass is 16.7. The summed E-state index contributed by atoms with van der Waals surface area (Å²) in [6, 6.07) is -0.860. The highest BCUT2D eigenvalue weighted by molar-refractivity contribution is 5.75. The molecule has 0 aromatic rings. The molecule has 0 saturated carbocycles. The molecular weight excluding hydrogens is 522 g/mol. The number of aliphatic hydroxyl groups is 2. The molecule has 39 heavy (non-hydrogen) atoms. The summed E-state index contributed by atoms with van der Waals surface area (Å²) in [6.07, 6.45) is -7.49. The number of carboxylic acid groups (broad SMARTS) is 1. The molecule has 2 aliphatic heterocycles. The van der Waals surface area contributed by atoms with Crippen molar-refractivity contribution in [2.24, 2.45) is 11.8 Å². The van der Waals surface area contributed by atoms with Gasteiger partial charge in [0.15, 0.2) is 12.4 Å². The second-order valence-electron chi connectivity index (χ2n) is 9.84. The fourth-order valence-electron chi connectivity index (χ4n) is 4.41. The fourth-order valence-corrected chi connectivity index (χ4v) is 4.41. The smallest absolute Gasteiger partial charge is 0.333 e. The van der Waals surface area contributed by atoms with Crippen LogP contribution in [0.1, 0.15) is 47.5 Å². The number of carbonyl (C=O) groups excluding carboxylic acids is 3. The number of hydrazine groups is 2. The predicted octanol–water partition coefficient (Wildman–Crippen LogP) is -2.56. The van der Waals surface area contributed by atoms with Gasteiger partial charge in [-0.15, -0.1) is 5.59 Å². The first kappa shape index (κ1) is 32.8. The number of carbonyl (C=O) groups is 4. The number of aliphatic hydroxyl groups excluding tert-OH is 2. The van der Waals surface area contributed by atoms with Crippen LogP contribution in [0.25, 0.3) is 0 Å². The van der Waals surface area contributed by atoms with Crippen LogP contribution in [0.2, 0.25) is 0 Å². The van der Waals surface area contributed by atoms with Crippen LogP contribution in [0.15, 0.2) is 0 Å². The van der Waals surface area contributed by atoms with E-state index in [4.69, 9.17) is 19.0 Å². The lowest BCUT2D eigenvalue weighted by Crippen LogP contribution is -2.66. The van der Waals surface area contributed by atoms with Crippen molar-refractivity contribution in [1.82, 2.24) is 27.2 Å². The van der Waals surface area contributed by atoms with Crippen LogP contribution in [-0.4, -0.2) is 101 Å². The molecule has 0 bridgehead atoms. The average Bonchev–Trinajstić information content (AvgIpc) is 2.85. The van der Waals surface area contributed by atoms with Crippen LogP contribution in [-0.2, 0) is 38.2 Å². The van der Waals surface area contributed by atoms with Crippen molar-refractivity contribution in [2.75, 3.05) is 13.2 Å². The fraction of sp³-hybridized carbons (Fsp3) is 0.826. The van der Waals surface area contributed by atoms with Crippen molar-refractivity contribution in [3.8, 4) is 0 Å². The number of hydrogen-bond donors (Lipinski definition) is 8. The molecule has 0 aromatic heterocycles. The SMILES string of the molecule is CC(=O)NNCCCC(=O)NNOCC1O[C@@H](C)C(NC(C)=O)[C@@H](O[C@@H]2OC(C(=O)O)[C@@H](C)[C@H](C)C2O)[C@@H]1O. The number of aliphatic carboxylic acids is 1. The summed E-state index contributed by atoms with van der Waals surface area (Å²) in [7, 11) is 0. The molecule has 4 unspecified atom stereocenters. The van der Waals surface area contributed by atoms with Crippen molar-refractivity contribution < 1.29 is 53.5 Å². The molecule has 16 heteroatoms. The molecule has 8 N–H and O–H groups in total. The van der Waals surface area contributed by atoms with E-state index in [2.05, 4.69) is 27.2 Å². The summed E-state index contributed by atoms with van der Waals surface area (Å²) in [5, 5.41) is 34.0. The number of ether oxygens (including phenoxy) is 3. The van der Waals surface area contributed by atoms with E-state index in [1.165, 1.54) is 13.8 Å². The van der Waals surface area contributed by atoms with Crippen molar-refractivity contribution in [2.45, 2.75) is 96.4 Å². The number of amides is 3. The standard InChI is InChI=1S/C23H41N5O11/c1-10-11(2)20(22(34)35)38-23(18(10)32)39-21-17(25-13(4)29)12(3)37-15(19(21)33)9-36-28-27-16(31)7-6-8-24-26-14(5)30/h10-12,15,17-21,23-24,28,32-33H,6-9H2,1-5H3,(H,25,29)(H,26,30)(H,27,31)(H,34,35)/t10-,11-,12-,15?,17?,18?,19+,20?,21+,23-/m0/s1. The second-order valence-corrected chi connectivity index (χ2v) is 9.84. The first-order chi connectivity index (χ1) is 18.3. The Morgan fingerprint density at radius 1 is 0.923 bits per heavy atom. The quantitative estimate of drug-likeness (QED) is 0.0853. The zero-order valence-electron chi connectivity index (χ0n) is 22.7. The van der Waals surface area contributed by atoms with Gasteiger partial charge in [0.05, 0.1) is 18.8 Å². The summed E-state index contributed by atoms with van der Waals surface area (Å²) < 4.78 is 17.3. The molecule has 224 valence electrons. The lowest BCUT2D eigenvalue weighted by atomic mass is 9.83. The van der Waals surface area contributed by atoms with Gasteiger partial charge < -0.3 is 34.8 Å². The Labute approximate surface area is 226 Å². The minimum atomic E-state index is -1.40. The highest BCUT2D eigenvalue weighted by Gasteiger charge is 2.50. The lowest BCUT2D eigenvalue weighted by Gasteiger charge is -2.47. The van der Waals surface area contributed by atoms with Gasteiger partial charge in [-0.2, -0.15) is 0 Å². The van der Waals surface area contributed by atoms with E-state index >= 15 is 0 Å². The van der Waals surface area contributed by atoms with Gasteiger partial charge in [0.2, 0.25) is 17.7 Å². The van der Waals surface area contributed by atoms with Crippen molar-refractivity contribution in [3.63, 3.8) is 0 Å².